The third kappa shape index (κ3) is 5.46. The molecular weight excluding hydrogens is 640 g/mol. The number of aromatic hydroxyl groups is 1. The lowest BCUT2D eigenvalue weighted by atomic mass is 9.31. The monoisotopic (exact) mass is 704 g/mol. The SMILES string of the molecule is CNCc1cc(O)cc([C@H]2C[C@@]3(C)[C@H]4CCC5=C([C@H](C)C[C@@H](O)[C@H]6OC6(C)C)C(=O)[C@@H]6CCC[C@@]4(C[C@@H](NC[C@H](C)O)[C@H]3C(C)(C)C2=O)[C@]56C)c1. The number of epoxide rings is 1. The Bertz CT molecular complexity index is 1610. The Balaban J connectivity index is 1.34. The number of phenols is 1. The van der Waals surface area contributed by atoms with Gasteiger partial charge in [0.05, 0.1) is 17.8 Å². The van der Waals surface area contributed by atoms with Crippen molar-refractivity contribution in [2.45, 2.75) is 149 Å². The second-order valence-corrected chi connectivity index (χ2v) is 19.4. The maximum atomic E-state index is 14.8. The lowest BCUT2D eigenvalue weighted by molar-refractivity contribution is -0.215. The van der Waals surface area contributed by atoms with Crippen molar-refractivity contribution in [3.63, 3.8) is 0 Å². The van der Waals surface area contributed by atoms with E-state index >= 15 is 0 Å². The maximum absolute atomic E-state index is 14.8. The molecule has 6 aliphatic rings. The minimum Gasteiger partial charge on any atom is -0.508 e. The molecule has 0 unspecified atom stereocenters. The summed E-state index contributed by atoms with van der Waals surface area (Å²) in [4.78, 5) is 29.6. The quantitative estimate of drug-likeness (QED) is 0.182. The fourth-order valence-electron chi connectivity index (χ4n) is 13.8. The van der Waals surface area contributed by atoms with Crippen LogP contribution in [0.25, 0.3) is 0 Å². The van der Waals surface area contributed by atoms with Crippen LogP contribution < -0.4 is 10.6 Å². The van der Waals surface area contributed by atoms with E-state index in [1.54, 1.807) is 12.1 Å². The van der Waals surface area contributed by atoms with Crippen molar-refractivity contribution in [3.8, 4) is 5.75 Å². The van der Waals surface area contributed by atoms with Gasteiger partial charge in [-0.2, -0.15) is 0 Å². The molecule has 12 atom stereocenters. The summed E-state index contributed by atoms with van der Waals surface area (Å²) in [6, 6.07) is 5.67. The van der Waals surface area contributed by atoms with Gasteiger partial charge in [-0.05, 0) is 130 Å². The van der Waals surface area contributed by atoms with E-state index < -0.39 is 17.6 Å². The number of Topliss-reactive ketones (excluding diaryl/α,β-unsaturated/α-hetero) is 2. The van der Waals surface area contributed by atoms with Crippen LogP contribution in [0.2, 0.25) is 0 Å². The Morgan fingerprint density at radius 3 is 2.35 bits per heavy atom. The Labute approximate surface area is 305 Å². The molecule has 4 saturated carbocycles. The molecule has 0 bridgehead atoms. The molecule has 0 radical (unpaired) electrons. The largest absolute Gasteiger partial charge is 0.508 e. The standard InChI is InChI=1S/C43H64N2O6/c1-23(15-32(48)38-40(5,6)51-38)34-29-12-13-33-41(7)19-28(26-16-25(22-44-9)17-27(47)18-26)37(50)39(3,4)36(41)31(45-21-24(2)46)20-43(33)14-10-11-30(35(34)49)42(29,43)8/h16-18,23-24,28,30-33,36,38,44-48H,10-15,19-22H2,1-9H3/t23-,24+,28-,30+,31-,32-,33-,36+,38-,41+,42-,43+/m1/s1. The molecule has 8 heteroatoms. The average Bonchev–Trinajstić information content (AvgIpc) is 3.62. The van der Waals surface area contributed by atoms with Gasteiger partial charge in [0.25, 0.3) is 0 Å². The van der Waals surface area contributed by atoms with Crippen LogP contribution in [0.15, 0.2) is 29.3 Å². The molecule has 1 spiro atoms. The normalized spacial score (nSPS) is 41.0. The van der Waals surface area contributed by atoms with Gasteiger partial charge in [0.2, 0.25) is 0 Å². The highest BCUT2D eigenvalue weighted by Crippen LogP contribution is 2.78. The minimum atomic E-state index is -0.657. The molecule has 1 aromatic rings. The first kappa shape index (κ1) is 37.2. The number of aliphatic hydroxyl groups is 2. The van der Waals surface area contributed by atoms with E-state index in [-0.39, 0.29) is 69.2 Å². The number of carbonyl (C=O) groups is 2. The molecule has 5 fully saturated rings. The fraction of sp³-hybridized carbons (Fsp3) is 0.767. The van der Waals surface area contributed by atoms with Crippen molar-refractivity contribution in [1.29, 1.82) is 0 Å². The van der Waals surface area contributed by atoms with Gasteiger partial charge >= 0.3 is 0 Å². The number of hydrogen-bond acceptors (Lipinski definition) is 8. The van der Waals surface area contributed by atoms with Gasteiger partial charge in [-0.25, -0.2) is 0 Å². The van der Waals surface area contributed by atoms with Gasteiger partial charge in [0, 0.05) is 41.8 Å². The number of carbonyl (C=O) groups excluding carboxylic acids is 2. The molecule has 1 aliphatic heterocycles. The molecule has 0 aromatic heterocycles. The van der Waals surface area contributed by atoms with Crippen molar-refractivity contribution in [3.05, 3.63) is 40.5 Å². The zero-order valence-electron chi connectivity index (χ0n) is 32.6. The van der Waals surface area contributed by atoms with E-state index in [4.69, 9.17) is 4.74 Å². The first-order valence-corrected chi connectivity index (χ1v) is 19.9. The molecule has 1 aromatic carbocycles. The van der Waals surface area contributed by atoms with Crippen molar-refractivity contribution < 1.29 is 29.6 Å². The van der Waals surface area contributed by atoms with Crippen LogP contribution in [-0.4, -0.2) is 70.4 Å². The summed E-state index contributed by atoms with van der Waals surface area (Å²) < 4.78 is 5.81. The number of phenolic OH excluding ortho intramolecular Hbond substituents is 1. The van der Waals surface area contributed by atoms with E-state index in [0.717, 1.165) is 55.2 Å². The molecule has 7 rings (SSSR count). The number of ether oxygens (including phenoxy) is 1. The lowest BCUT2D eigenvalue weighted by Gasteiger charge is -2.73. The number of ketones is 2. The number of fused-ring (bicyclic) bond motifs is 2. The Hall–Kier alpha value is -2.10. The smallest absolute Gasteiger partial charge is 0.163 e. The topological polar surface area (TPSA) is 131 Å². The Kier molecular flexibility index (Phi) is 9.11. The van der Waals surface area contributed by atoms with Gasteiger partial charge in [-0.3, -0.25) is 9.59 Å². The summed E-state index contributed by atoms with van der Waals surface area (Å²) in [6.07, 6.45) is 5.55. The highest BCUT2D eigenvalue weighted by Gasteiger charge is 2.75. The summed E-state index contributed by atoms with van der Waals surface area (Å²) in [6.45, 7) is 18.2. The maximum Gasteiger partial charge on any atom is 0.163 e. The molecule has 1 saturated heterocycles. The van der Waals surface area contributed by atoms with Crippen LogP contribution >= 0.6 is 0 Å². The molecule has 282 valence electrons. The fourth-order valence-corrected chi connectivity index (χ4v) is 13.8. The number of allylic oxidation sites excluding steroid dienone is 2. The molecule has 5 N–H and O–H groups in total. The molecule has 1 heterocycles. The van der Waals surface area contributed by atoms with Crippen LogP contribution in [0.4, 0.5) is 0 Å². The average molecular weight is 705 g/mol. The molecular formula is C43H64N2O6. The lowest BCUT2D eigenvalue weighted by Crippen LogP contribution is -2.71. The van der Waals surface area contributed by atoms with Crippen LogP contribution in [0.3, 0.4) is 0 Å². The third-order valence-corrected chi connectivity index (χ3v) is 15.6. The number of hydrogen-bond donors (Lipinski definition) is 5. The third-order valence-electron chi connectivity index (χ3n) is 15.6. The summed E-state index contributed by atoms with van der Waals surface area (Å²) >= 11 is 0. The summed E-state index contributed by atoms with van der Waals surface area (Å²) in [5.74, 6) is 0.582. The molecule has 0 amide bonds. The van der Waals surface area contributed by atoms with E-state index in [1.165, 1.54) is 5.57 Å². The van der Waals surface area contributed by atoms with Gasteiger partial charge < -0.3 is 30.7 Å². The van der Waals surface area contributed by atoms with Crippen molar-refractivity contribution in [2.75, 3.05) is 13.6 Å². The second kappa shape index (κ2) is 12.5. The Morgan fingerprint density at radius 2 is 1.71 bits per heavy atom. The summed E-state index contributed by atoms with van der Waals surface area (Å²) in [5, 5.41) is 39.6. The first-order chi connectivity index (χ1) is 23.8. The molecule has 5 aliphatic carbocycles. The van der Waals surface area contributed by atoms with Crippen molar-refractivity contribution in [1.82, 2.24) is 10.6 Å². The number of rotatable bonds is 10. The number of benzene rings is 1. The van der Waals surface area contributed by atoms with Crippen molar-refractivity contribution in [2.24, 2.45) is 45.3 Å². The van der Waals surface area contributed by atoms with E-state index in [2.05, 4.69) is 51.3 Å². The van der Waals surface area contributed by atoms with Gasteiger partial charge in [-0.15, -0.1) is 0 Å². The van der Waals surface area contributed by atoms with E-state index in [9.17, 15) is 24.9 Å². The molecule has 51 heavy (non-hydrogen) atoms. The van der Waals surface area contributed by atoms with Crippen LogP contribution in [0, 0.1) is 45.3 Å². The molecule has 8 nitrogen and oxygen atoms in total. The predicted octanol–water partition coefficient (Wildman–Crippen LogP) is 6.21. The van der Waals surface area contributed by atoms with Gasteiger partial charge in [0.15, 0.2) is 5.78 Å². The van der Waals surface area contributed by atoms with Crippen molar-refractivity contribution >= 4 is 11.6 Å². The Morgan fingerprint density at radius 1 is 1.00 bits per heavy atom. The van der Waals surface area contributed by atoms with Crippen LogP contribution in [-0.2, 0) is 20.9 Å². The first-order valence-electron chi connectivity index (χ1n) is 19.9. The summed E-state index contributed by atoms with van der Waals surface area (Å²) in [5.41, 5.74) is 2.50. The highest BCUT2D eigenvalue weighted by molar-refractivity contribution is 6.02. The van der Waals surface area contributed by atoms with Gasteiger partial charge in [-0.1, -0.05) is 52.7 Å². The minimum absolute atomic E-state index is 0.00709. The van der Waals surface area contributed by atoms with Crippen LogP contribution in [0.5, 0.6) is 5.75 Å². The summed E-state index contributed by atoms with van der Waals surface area (Å²) in [7, 11) is 1.89. The second-order valence-electron chi connectivity index (χ2n) is 19.4. The van der Waals surface area contributed by atoms with Crippen LogP contribution in [0.1, 0.15) is 124 Å². The zero-order valence-corrected chi connectivity index (χ0v) is 32.6. The van der Waals surface area contributed by atoms with E-state index in [1.807, 2.05) is 27.8 Å². The highest BCUT2D eigenvalue weighted by atomic mass is 16.6. The number of aliphatic hydroxyl groups excluding tert-OH is 2. The zero-order chi connectivity index (χ0) is 37.1. The predicted molar refractivity (Wildman–Crippen MR) is 198 cm³/mol. The number of nitrogens with one attached hydrogen (secondary N) is 2. The van der Waals surface area contributed by atoms with Gasteiger partial charge in [0.1, 0.15) is 17.6 Å². The van der Waals surface area contributed by atoms with E-state index in [0.29, 0.717) is 37.6 Å².